The van der Waals surface area contributed by atoms with Crippen molar-refractivity contribution >= 4 is 11.6 Å². The van der Waals surface area contributed by atoms with E-state index in [0.717, 1.165) is 6.42 Å². The second-order valence-corrected chi connectivity index (χ2v) is 6.25. The molecule has 1 aliphatic carbocycles. The van der Waals surface area contributed by atoms with Gasteiger partial charge in [-0.1, -0.05) is 19.1 Å². The molecule has 2 fully saturated rings. The van der Waals surface area contributed by atoms with Crippen LogP contribution < -0.4 is 10.2 Å². The zero-order chi connectivity index (χ0) is 13.9. The maximum Gasteiger partial charge on any atom is 0.223 e. The SMILES string of the molecule is C[C@@H]1C[C@@H]1C(=O)NCc1ccc(N2CCCCC2)cc1. The lowest BCUT2D eigenvalue weighted by molar-refractivity contribution is -0.122. The summed E-state index contributed by atoms with van der Waals surface area (Å²) in [5.41, 5.74) is 2.50. The Labute approximate surface area is 121 Å². The summed E-state index contributed by atoms with van der Waals surface area (Å²) in [7, 11) is 0. The molecule has 1 aliphatic heterocycles. The van der Waals surface area contributed by atoms with Gasteiger partial charge in [0, 0.05) is 31.2 Å². The number of amides is 1. The van der Waals surface area contributed by atoms with Crippen molar-refractivity contribution in [1.82, 2.24) is 5.32 Å². The highest BCUT2D eigenvalue weighted by Gasteiger charge is 2.38. The van der Waals surface area contributed by atoms with Crippen molar-refractivity contribution in [2.24, 2.45) is 11.8 Å². The summed E-state index contributed by atoms with van der Waals surface area (Å²) in [5.74, 6) is 1.07. The number of nitrogens with zero attached hydrogens (tertiary/aromatic N) is 1. The van der Waals surface area contributed by atoms with Crippen molar-refractivity contribution in [3.63, 3.8) is 0 Å². The van der Waals surface area contributed by atoms with Crippen molar-refractivity contribution in [2.75, 3.05) is 18.0 Å². The first-order chi connectivity index (χ1) is 9.74. The fourth-order valence-electron chi connectivity index (χ4n) is 2.98. The predicted octanol–water partition coefficient (Wildman–Crippen LogP) is 2.95. The summed E-state index contributed by atoms with van der Waals surface area (Å²) in [6.45, 7) is 5.14. The van der Waals surface area contributed by atoms with Crippen molar-refractivity contribution < 1.29 is 4.79 Å². The van der Waals surface area contributed by atoms with Crippen LogP contribution in [-0.2, 0) is 11.3 Å². The lowest BCUT2D eigenvalue weighted by atomic mass is 10.1. The average Bonchev–Trinajstić information content (AvgIpc) is 3.23. The Balaban J connectivity index is 1.51. The van der Waals surface area contributed by atoms with Crippen LogP contribution in [0.25, 0.3) is 0 Å². The molecule has 0 unspecified atom stereocenters. The number of hydrogen-bond donors (Lipinski definition) is 1. The molecule has 1 heterocycles. The van der Waals surface area contributed by atoms with Crippen molar-refractivity contribution in [2.45, 2.75) is 39.2 Å². The van der Waals surface area contributed by atoms with Crippen LogP contribution in [0.15, 0.2) is 24.3 Å². The van der Waals surface area contributed by atoms with Gasteiger partial charge in [-0.25, -0.2) is 0 Å². The highest BCUT2D eigenvalue weighted by atomic mass is 16.2. The van der Waals surface area contributed by atoms with E-state index < -0.39 is 0 Å². The summed E-state index contributed by atoms with van der Waals surface area (Å²) in [6, 6.07) is 8.65. The Morgan fingerprint density at radius 3 is 2.45 bits per heavy atom. The molecule has 108 valence electrons. The van der Waals surface area contributed by atoms with Gasteiger partial charge in [-0.3, -0.25) is 4.79 Å². The van der Waals surface area contributed by atoms with E-state index in [-0.39, 0.29) is 11.8 Å². The fraction of sp³-hybridized carbons (Fsp3) is 0.588. The second kappa shape index (κ2) is 5.86. The maximum atomic E-state index is 11.8. The highest BCUT2D eigenvalue weighted by Crippen LogP contribution is 2.37. The third kappa shape index (κ3) is 3.14. The summed E-state index contributed by atoms with van der Waals surface area (Å²) in [6.07, 6.45) is 5.02. The van der Waals surface area contributed by atoms with Crippen molar-refractivity contribution in [3.05, 3.63) is 29.8 Å². The average molecular weight is 272 g/mol. The van der Waals surface area contributed by atoms with E-state index >= 15 is 0 Å². The minimum Gasteiger partial charge on any atom is -0.372 e. The number of carbonyl (C=O) groups excluding carboxylic acids is 1. The first-order valence-electron chi connectivity index (χ1n) is 7.85. The largest absolute Gasteiger partial charge is 0.372 e. The van der Waals surface area contributed by atoms with Crippen LogP contribution >= 0.6 is 0 Å². The molecule has 0 radical (unpaired) electrons. The van der Waals surface area contributed by atoms with Crippen LogP contribution in [0, 0.1) is 11.8 Å². The molecule has 1 saturated carbocycles. The lowest BCUT2D eigenvalue weighted by Gasteiger charge is -2.28. The van der Waals surface area contributed by atoms with E-state index in [0.29, 0.717) is 12.5 Å². The van der Waals surface area contributed by atoms with Crippen LogP contribution in [0.4, 0.5) is 5.69 Å². The number of anilines is 1. The molecule has 3 nitrogen and oxygen atoms in total. The number of benzene rings is 1. The van der Waals surface area contributed by atoms with Gasteiger partial charge < -0.3 is 10.2 Å². The third-order valence-corrected chi connectivity index (χ3v) is 4.57. The zero-order valence-corrected chi connectivity index (χ0v) is 12.3. The van der Waals surface area contributed by atoms with Gasteiger partial charge in [-0.05, 0) is 49.3 Å². The van der Waals surface area contributed by atoms with E-state index in [1.54, 1.807) is 0 Å². The topological polar surface area (TPSA) is 32.3 Å². The fourth-order valence-corrected chi connectivity index (χ4v) is 2.98. The first-order valence-corrected chi connectivity index (χ1v) is 7.85. The molecular formula is C17H24N2O. The molecule has 3 rings (SSSR count). The van der Waals surface area contributed by atoms with Gasteiger partial charge in [-0.2, -0.15) is 0 Å². The molecule has 2 atom stereocenters. The van der Waals surface area contributed by atoms with Crippen molar-refractivity contribution in [3.8, 4) is 0 Å². The van der Waals surface area contributed by atoms with Crippen LogP contribution in [-0.4, -0.2) is 19.0 Å². The summed E-state index contributed by atoms with van der Waals surface area (Å²) in [4.78, 5) is 14.2. The number of carbonyl (C=O) groups is 1. The highest BCUT2D eigenvalue weighted by molar-refractivity contribution is 5.81. The number of hydrogen-bond acceptors (Lipinski definition) is 2. The maximum absolute atomic E-state index is 11.8. The Kier molecular flexibility index (Phi) is 3.95. The number of rotatable bonds is 4. The minimum atomic E-state index is 0.220. The van der Waals surface area contributed by atoms with Gasteiger partial charge in [0.1, 0.15) is 0 Å². The van der Waals surface area contributed by atoms with Crippen LogP contribution in [0.3, 0.4) is 0 Å². The molecule has 1 amide bonds. The molecule has 20 heavy (non-hydrogen) atoms. The van der Waals surface area contributed by atoms with E-state index in [4.69, 9.17) is 0 Å². The molecule has 0 spiro atoms. The van der Waals surface area contributed by atoms with Crippen LogP contribution in [0.2, 0.25) is 0 Å². The standard InChI is InChI=1S/C17H24N2O/c1-13-11-16(13)17(20)18-12-14-5-7-15(8-6-14)19-9-3-2-4-10-19/h5-8,13,16H,2-4,9-12H2,1H3,(H,18,20)/t13-,16+/m1/s1. The van der Waals surface area contributed by atoms with E-state index in [1.165, 1.54) is 43.6 Å². The van der Waals surface area contributed by atoms with Crippen LogP contribution in [0.5, 0.6) is 0 Å². The molecule has 1 aromatic carbocycles. The smallest absolute Gasteiger partial charge is 0.223 e. The normalized spacial score (nSPS) is 25.4. The van der Waals surface area contributed by atoms with Gasteiger partial charge in [0.2, 0.25) is 5.91 Å². The molecule has 0 aromatic heterocycles. The second-order valence-electron chi connectivity index (χ2n) is 6.25. The Morgan fingerprint density at radius 1 is 1.20 bits per heavy atom. The van der Waals surface area contributed by atoms with E-state index in [1.807, 2.05) is 0 Å². The van der Waals surface area contributed by atoms with E-state index in [9.17, 15) is 4.79 Å². The molecule has 3 heteroatoms. The zero-order valence-electron chi connectivity index (χ0n) is 12.3. The van der Waals surface area contributed by atoms with Gasteiger partial charge in [0.15, 0.2) is 0 Å². The minimum absolute atomic E-state index is 0.220. The first kappa shape index (κ1) is 13.5. The molecule has 1 N–H and O–H groups in total. The lowest BCUT2D eigenvalue weighted by Crippen LogP contribution is -2.29. The van der Waals surface area contributed by atoms with E-state index in [2.05, 4.69) is 41.4 Å². The quantitative estimate of drug-likeness (QED) is 0.914. The number of piperidine rings is 1. The molecule has 1 saturated heterocycles. The molecule has 0 bridgehead atoms. The summed E-state index contributed by atoms with van der Waals surface area (Å²) in [5, 5.41) is 3.04. The Bertz CT molecular complexity index is 462. The third-order valence-electron chi connectivity index (χ3n) is 4.57. The molecule has 2 aliphatic rings. The van der Waals surface area contributed by atoms with Gasteiger partial charge in [0.25, 0.3) is 0 Å². The van der Waals surface area contributed by atoms with Crippen LogP contribution in [0.1, 0.15) is 38.2 Å². The van der Waals surface area contributed by atoms with Gasteiger partial charge in [-0.15, -0.1) is 0 Å². The van der Waals surface area contributed by atoms with Gasteiger partial charge in [0.05, 0.1) is 0 Å². The molecular weight excluding hydrogens is 248 g/mol. The summed E-state index contributed by atoms with van der Waals surface area (Å²) >= 11 is 0. The number of nitrogens with one attached hydrogen (secondary N) is 1. The molecule has 1 aromatic rings. The monoisotopic (exact) mass is 272 g/mol. The van der Waals surface area contributed by atoms with Gasteiger partial charge >= 0.3 is 0 Å². The Morgan fingerprint density at radius 2 is 1.85 bits per heavy atom. The van der Waals surface area contributed by atoms with Crippen molar-refractivity contribution in [1.29, 1.82) is 0 Å². The predicted molar refractivity (Wildman–Crippen MR) is 81.6 cm³/mol. The summed E-state index contributed by atoms with van der Waals surface area (Å²) < 4.78 is 0. The Hall–Kier alpha value is -1.51.